The minimum atomic E-state index is -1.35. The Morgan fingerprint density at radius 1 is 1.32 bits per heavy atom. The van der Waals surface area contributed by atoms with Crippen LogP contribution in [0, 0.1) is 12.7 Å². The molecule has 0 bridgehead atoms. The largest absolute Gasteiger partial charge is 0.464 e. The molecule has 0 saturated heterocycles. The fraction of sp³-hybridized carbons (Fsp3) is 0.211. The molecule has 12 heteroatoms. The Morgan fingerprint density at radius 2 is 2.10 bits per heavy atom. The van der Waals surface area contributed by atoms with E-state index < -0.39 is 17.9 Å². The first-order valence-corrected chi connectivity index (χ1v) is 9.46. The van der Waals surface area contributed by atoms with Crippen molar-refractivity contribution >= 4 is 23.7 Å². The van der Waals surface area contributed by atoms with Gasteiger partial charge in [0.1, 0.15) is 5.82 Å². The molecule has 0 aliphatic heterocycles. The first-order chi connectivity index (χ1) is 14.8. The lowest BCUT2D eigenvalue weighted by Gasteiger charge is -2.20. The molecule has 2 aromatic heterocycles. The Labute approximate surface area is 181 Å². The number of halogens is 2. The fourth-order valence-corrected chi connectivity index (χ4v) is 2.97. The van der Waals surface area contributed by atoms with Gasteiger partial charge in [-0.05, 0) is 30.7 Å². The molecule has 10 nitrogen and oxygen atoms in total. The molecule has 3 amide bonds. The molecular weight excluding hydrogens is 431 g/mol. The second-order valence-electron chi connectivity index (χ2n) is 6.31. The number of pyridine rings is 1. The molecule has 0 aliphatic carbocycles. The highest BCUT2D eigenvalue weighted by molar-refractivity contribution is 6.31. The van der Waals surface area contributed by atoms with E-state index in [-0.39, 0.29) is 35.4 Å². The van der Waals surface area contributed by atoms with Crippen molar-refractivity contribution in [3.05, 3.63) is 52.9 Å². The molecule has 0 unspecified atom stereocenters. The van der Waals surface area contributed by atoms with Gasteiger partial charge in [-0.15, -0.1) is 0 Å². The predicted molar refractivity (Wildman–Crippen MR) is 108 cm³/mol. The topological polar surface area (TPSA) is 133 Å². The average Bonchev–Trinajstić information content (AvgIpc) is 3.15. The Morgan fingerprint density at radius 3 is 2.68 bits per heavy atom. The van der Waals surface area contributed by atoms with E-state index in [1.807, 2.05) is 5.43 Å². The van der Waals surface area contributed by atoms with Gasteiger partial charge < -0.3 is 14.9 Å². The zero-order chi connectivity index (χ0) is 22.5. The van der Waals surface area contributed by atoms with Crippen LogP contribution in [0.15, 0.2) is 35.0 Å². The van der Waals surface area contributed by atoms with Crippen LogP contribution in [0.2, 0.25) is 5.02 Å². The molecule has 3 rings (SSSR count). The lowest BCUT2D eigenvalue weighted by atomic mass is 9.99. The van der Waals surface area contributed by atoms with Gasteiger partial charge in [-0.3, -0.25) is 4.98 Å². The summed E-state index contributed by atoms with van der Waals surface area (Å²) < 4.78 is 19.6. The van der Waals surface area contributed by atoms with Crippen molar-refractivity contribution in [2.45, 2.75) is 20.4 Å². The van der Waals surface area contributed by atoms with Crippen LogP contribution in [0.4, 0.5) is 14.0 Å². The highest BCUT2D eigenvalue weighted by atomic mass is 35.5. The maximum Gasteiger partial charge on any atom is 0.423 e. The number of hydrogen-bond acceptors (Lipinski definition) is 6. The normalized spacial score (nSPS) is 10.6. The molecule has 0 atom stereocenters. The standard InChI is InChI=1S/C19H18ClFN6O4/c1-3-27(25-19(29)30)18(28)23-9-13-5-4-11(8-22-13)14-6-12(20)7-15(21)16(14)17-24-10(2)31-26-17/h4-8,25H,3,9H2,1-2H3,(H,23,28)(H,29,30). The summed E-state index contributed by atoms with van der Waals surface area (Å²) in [5, 5.41) is 16.2. The Bertz CT molecular complexity index is 1110. The molecule has 0 spiro atoms. The molecule has 1 aromatic carbocycles. The van der Waals surface area contributed by atoms with Gasteiger partial charge in [-0.1, -0.05) is 22.8 Å². The maximum atomic E-state index is 14.7. The second kappa shape index (κ2) is 9.39. The monoisotopic (exact) mass is 448 g/mol. The number of nitrogens with one attached hydrogen (secondary N) is 2. The van der Waals surface area contributed by atoms with E-state index in [9.17, 15) is 14.0 Å². The number of urea groups is 1. The van der Waals surface area contributed by atoms with E-state index in [1.165, 1.54) is 6.20 Å². The van der Waals surface area contributed by atoms with E-state index in [1.54, 1.807) is 32.0 Å². The summed E-state index contributed by atoms with van der Waals surface area (Å²) in [5.74, 6) is -0.230. The average molecular weight is 449 g/mol. The highest BCUT2D eigenvalue weighted by Gasteiger charge is 2.19. The number of amides is 3. The Hall–Kier alpha value is -3.73. The minimum absolute atomic E-state index is 0.0533. The molecule has 162 valence electrons. The molecule has 0 radical (unpaired) electrons. The van der Waals surface area contributed by atoms with Gasteiger partial charge in [0, 0.05) is 30.3 Å². The van der Waals surface area contributed by atoms with Crippen molar-refractivity contribution in [2.75, 3.05) is 6.54 Å². The number of benzene rings is 1. The van der Waals surface area contributed by atoms with Crippen molar-refractivity contribution < 1.29 is 23.6 Å². The first-order valence-electron chi connectivity index (χ1n) is 9.08. The van der Waals surface area contributed by atoms with Crippen molar-refractivity contribution in [1.82, 2.24) is 30.9 Å². The number of hydrogen-bond donors (Lipinski definition) is 3. The summed E-state index contributed by atoms with van der Waals surface area (Å²) in [6.07, 6.45) is 0.150. The molecule has 0 aliphatic rings. The van der Waals surface area contributed by atoms with Gasteiger partial charge in [0.2, 0.25) is 11.7 Å². The van der Waals surface area contributed by atoms with Crippen LogP contribution < -0.4 is 10.7 Å². The van der Waals surface area contributed by atoms with Crippen LogP contribution >= 0.6 is 11.6 Å². The maximum absolute atomic E-state index is 14.7. The van der Waals surface area contributed by atoms with Crippen LogP contribution in [0.1, 0.15) is 18.5 Å². The van der Waals surface area contributed by atoms with Crippen LogP contribution in [-0.2, 0) is 6.54 Å². The molecule has 0 fully saturated rings. The zero-order valence-electron chi connectivity index (χ0n) is 16.5. The third kappa shape index (κ3) is 5.25. The molecular formula is C19H18ClFN6O4. The van der Waals surface area contributed by atoms with Crippen molar-refractivity contribution in [3.63, 3.8) is 0 Å². The number of aromatic nitrogens is 3. The number of carbonyl (C=O) groups excluding carboxylic acids is 1. The van der Waals surface area contributed by atoms with Gasteiger partial charge in [-0.2, -0.15) is 4.98 Å². The molecule has 3 N–H and O–H groups in total. The number of rotatable bonds is 5. The number of nitrogens with zero attached hydrogens (tertiary/aromatic N) is 4. The number of hydrazine groups is 1. The summed E-state index contributed by atoms with van der Waals surface area (Å²) in [4.78, 5) is 31.1. The number of aryl methyl sites for hydroxylation is 1. The summed E-state index contributed by atoms with van der Waals surface area (Å²) in [6, 6.07) is 5.43. The van der Waals surface area contributed by atoms with E-state index in [2.05, 4.69) is 20.4 Å². The van der Waals surface area contributed by atoms with Gasteiger partial charge in [0.05, 0.1) is 17.8 Å². The summed E-state index contributed by atoms with van der Waals surface area (Å²) in [5.41, 5.74) is 3.59. The van der Waals surface area contributed by atoms with Gasteiger partial charge >= 0.3 is 12.1 Å². The smallest absolute Gasteiger partial charge is 0.423 e. The lowest BCUT2D eigenvalue weighted by Crippen LogP contribution is -2.49. The van der Waals surface area contributed by atoms with Gasteiger partial charge in [-0.25, -0.2) is 24.4 Å². The quantitative estimate of drug-likeness (QED) is 0.507. The molecule has 2 heterocycles. The van der Waals surface area contributed by atoms with Crippen molar-refractivity contribution in [1.29, 1.82) is 0 Å². The van der Waals surface area contributed by atoms with E-state index in [0.29, 0.717) is 16.8 Å². The van der Waals surface area contributed by atoms with Crippen LogP contribution in [0.25, 0.3) is 22.5 Å². The van der Waals surface area contributed by atoms with Crippen molar-refractivity contribution in [3.8, 4) is 22.5 Å². The van der Waals surface area contributed by atoms with Crippen molar-refractivity contribution in [2.24, 2.45) is 0 Å². The third-order valence-electron chi connectivity index (χ3n) is 4.15. The summed E-state index contributed by atoms with van der Waals surface area (Å²) in [6.45, 7) is 3.41. The van der Waals surface area contributed by atoms with E-state index >= 15 is 0 Å². The molecule has 0 saturated carbocycles. The van der Waals surface area contributed by atoms with Crippen LogP contribution in [0.5, 0.6) is 0 Å². The second-order valence-corrected chi connectivity index (χ2v) is 6.74. The van der Waals surface area contributed by atoms with E-state index in [4.69, 9.17) is 21.2 Å². The van der Waals surface area contributed by atoms with Gasteiger partial charge in [0.15, 0.2) is 0 Å². The zero-order valence-corrected chi connectivity index (χ0v) is 17.3. The Balaban J connectivity index is 1.81. The lowest BCUT2D eigenvalue weighted by molar-refractivity contribution is 0.144. The first kappa shape index (κ1) is 22.0. The molecule has 31 heavy (non-hydrogen) atoms. The van der Waals surface area contributed by atoms with E-state index in [0.717, 1.165) is 11.1 Å². The third-order valence-corrected chi connectivity index (χ3v) is 4.37. The minimum Gasteiger partial charge on any atom is -0.464 e. The highest BCUT2D eigenvalue weighted by Crippen LogP contribution is 2.35. The predicted octanol–water partition coefficient (Wildman–Crippen LogP) is 3.61. The summed E-state index contributed by atoms with van der Waals surface area (Å²) in [7, 11) is 0. The van der Waals surface area contributed by atoms with Crippen LogP contribution in [0.3, 0.4) is 0 Å². The number of carbonyl (C=O) groups is 2. The van der Waals surface area contributed by atoms with Gasteiger partial charge in [0.25, 0.3) is 0 Å². The van der Waals surface area contributed by atoms with Crippen LogP contribution in [-0.4, -0.2) is 43.9 Å². The fourth-order valence-electron chi connectivity index (χ4n) is 2.77. The summed E-state index contributed by atoms with van der Waals surface area (Å²) >= 11 is 6.04. The molecule has 3 aromatic rings. The Kier molecular flexibility index (Phi) is 6.65. The number of carboxylic acid groups (broad SMARTS) is 1. The SMILES string of the molecule is CCN(NC(=O)O)C(=O)NCc1ccc(-c2cc(Cl)cc(F)c2-c2noc(C)n2)cn1.